The number of nitrogen functional groups attached to an aromatic ring is 1. The van der Waals surface area contributed by atoms with E-state index in [1.807, 2.05) is 0 Å². The van der Waals surface area contributed by atoms with Crippen LogP contribution in [-0.2, 0) is 17.8 Å². The molecule has 1 aromatic heterocycles. The molecule has 0 fully saturated rings. The lowest BCUT2D eigenvalue weighted by molar-refractivity contribution is -0.115. The summed E-state index contributed by atoms with van der Waals surface area (Å²) < 4.78 is 52.5. The van der Waals surface area contributed by atoms with Gasteiger partial charge in [-0.2, -0.15) is 0 Å². The Morgan fingerprint density at radius 1 is 0.842 bits per heavy atom. The Labute approximate surface area is 220 Å². The van der Waals surface area contributed by atoms with Crippen LogP contribution in [-0.4, -0.2) is 26.1 Å². The van der Waals surface area contributed by atoms with Gasteiger partial charge in [0.05, 0.1) is 17.8 Å². The number of halogens is 4. The summed E-state index contributed by atoms with van der Waals surface area (Å²) in [6, 6.07) is 6.05. The number of unbranched alkanes of at least 4 members (excludes halogenated alkanes) is 9. The summed E-state index contributed by atoms with van der Waals surface area (Å²) in [6.07, 6.45) is 12.3. The molecule has 2 aromatic carbocycles. The highest BCUT2D eigenvalue weighted by molar-refractivity contribution is 5.91. The molecule has 0 aliphatic rings. The van der Waals surface area contributed by atoms with Crippen molar-refractivity contribution in [2.75, 3.05) is 11.1 Å². The molecule has 208 valence electrons. The number of aryl methyl sites for hydroxylation is 1. The molecule has 3 aromatic rings. The van der Waals surface area contributed by atoms with Crippen LogP contribution in [0.2, 0.25) is 0 Å². The molecular formula is C27H36F4N6O. The summed E-state index contributed by atoms with van der Waals surface area (Å²) in [6.45, 7) is 2.88. The fraction of sp³-hybridized carbons (Fsp3) is 0.481. The quantitative estimate of drug-likeness (QED) is 0.137. The second-order valence-corrected chi connectivity index (χ2v) is 9.02. The van der Waals surface area contributed by atoms with E-state index in [0.29, 0.717) is 12.4 Å². The van der Waals surface area contributed by atoms with Crippen LogP contribution in [0.15, 0.2) is 36.4 Å². The maximum Gasteiger partial charge on any atom is 0.232 e. The van der Waals surface area contributed by atoms with Gasteiger partial charge in [0.15, 0.2) is 5.82 Å². The van der Waals surface area contributed by atoms with Gasteiger partial charge in [-0.15, -0.1) is 5.10 Å². The summed E-state index contributed by atoms with van der Waals surface area (Å²) in [5.41, 5.74) is 4.95. The highest BCUT2D eigenvalue weighted by atomic mass is 19.1. The molecule has 1 heterocycles. The molecule has 0 aliphatic heterocycles. The van der Waals surface area contributed by atoms with E-state index in [2.05, 4.69) is 27.8 Å². The number of nitrogens with two attached hydrogens (primary N) is 1. The van der Waals surface area contributed by atoms with E-state index >= 15 is 0 Å². The normalized spacial score (nSPS) is 10.7. The second-order valence-electron chi connectivity index (χ2n) is 9.02. The molecule has 0 saturated heterocycles. The van der Waals surface area contributed by atoms with Crippen LogP contribution in [0, 0.1) is 23.3 Å². The largest absolute Gasteiger partial charge is 0.396 e. The fourth-order valence-corrected chi connectivity index (χ4v) is 3.70. The van der Waals surface area contributed by atoms with E-state index in [4.69, 9.17) is 5.73 Å². The van der Waals surface area contributed by atoms with Gasteiger partial charge in [0.1, 0.15) is 23.3 Å². The van der Waals surface area contributed by atoms with Crippen molar-refractivity contribution in [2.24, 2.45) is 0 Å². The van der Waals surface area contributed by atoms with Crippen molar-refractivity contribution in [1.29, 1.82) is 0 Å². The number of nitrogens with zero attached hydrogens (tertiary/aromatic N) is 4. The van der Waals surface area contributed by atoms with Crippen LogP contribution in [0.1, 0.15) is 77.0 Å². The fourth-order valence-electron chi connectivity index (χ4n) is 3.70. The van der Waals surface area contributed by atoms with Crippen molar-refractivity contribution in [3.8, 4) is 0 Å². The third kappa shape index (κ3) is 11.7. The molecule has 0 unspecified atom stereocenters. The summed E-state index contributed by atoms with van der Waals surface area (Å²) in [5, 5.41) is 13.9. The number of aromatic nitrogens is 4. The molecule has 1 amide bonds. The molecule has 0 aliphatic carbocycles. The maximum atomic E-state index is 13.6. The predicted molar refractivity (Wildman–Crippen MR) is 139 cm³/mol. The minimum Gasteiger partial charge on any atom is -0.396 e. The smallest absolute Gasteiger partial charge is 0.232 e. The van der Waals surface area contributed by atoms with Crippen LogP contribution in [0.4, 0.5) is 28.9 Å². The Hall–Kier alpha value is -3.50. The van der Waals surface area contributed by atoms with E-state index in [9.17, 15) is 22.4 Å². The third-order valence-electron chi connectivity index (χ3n) is 5.82. The topological polar surface area (TPSA) is 98.7 Å². The van der Waals surface area contributed by atoms with Crippen LogP contribution < -0.4 is 11.1 Å². The Morgan fingerprint density at radius 3 is 2.00 bits per heavy atom. The number of hydrogen-bond acceptors (Lipinski definition) is 5. The molecule has 38 heavy (non-hydrogen) atoms. The number of carbonyl (C=O) groups is 1. The van der Waals surface area contributed by atoms with Crippen molar-refractivity contribution in [1.82, 2.24) is 20.2 Å². The lowest BCUT2D eigenvalue weighted by Gasteiger charge is -2.07. The Morgan fingerprint density at radius 2 is 1.42 bits per heavy atom. The van der Waals surface area contributed by atoms with E-state index in [1.54, 1.807) is 4.68 Å². The van der Waals surface area contributed by atoms with Crippen molar-refractivity contribution in [2.45, 2.75) is 84.1 Å². The first-order valence-corrected chi connectivity index (χ1v) is 13.0. The van der Waals surface area contributed by atoms with Crippen LogP contribution in [0.5, 0.6) is 0 Å². The number of rotatable bonds is 14. The Bertz CT molecular complexity index is 1120. The molecule has 0 atom stereocenters. The van der Waals surface area contributed by atoms with Crippen LogP contribution in [0.25, 0.3) is 0 Å². The lowest BCUT2D eigenvalue weighted by atomic mass is 10.1. The Kier molecular flexibility index (Phi) is 13.8. The van der Waals surface area contributed by atoms with Gasteiger partial charge in [-0.1, -0.05) is 64.7 Å². The highest BCUT2D eigenvalue weighted by Gasteiger charge is 2.13. The monoisotopic (exact) mass is 536 g/mol. The molecule has 7 nitrogen and oxygen atoms in total. The van der Waals surface area contributed by atoms with E-state index in [-0.39, 0.29) is 17.8 Å². The van der Waals surface area contributed by atoms with Gasteiger partial charge in [-0.3, -0.25) is 4.79 Å². The second kappa shape index (κ2) is 17.1. The number of amides is 1. The lowest BCUT2D eigenvalue weighted by Crippen LogP contribution is -2.19. The van der Waals surface area contributed by atoms with E-state index < -0.39 is 29.2 Å². The van der Waals surface area contributed by atoms with Gasteiger partial charge in [0.2, 0.25) is 5.91 Å². The first-order valence-electron chi connectivity index (χ1n) is 13.0. The van der Waals surface area contributed by atoms with Gasteiger partial charge in [0, 0.05) is 18.7 Å². The van der Waals surface area contributed by atoms with Gasteiger partial charge in [0.25, 0.3) is 0 Å². The van der Waals surface area contributed by atoms with Crippen LogP contribution >= 0.6 is 0 Å². The minimum absolute atomic E-state index is 0.0311. The summed E-state index contributed by atoms with van der Waals surface area (Å²) >= 11 is 0. The molecule has 11 heteroatoms. The minimum atomic E-state index is -0.816. The van der Waals surface area contributed by atoms with Crippen molar-refractivity contribution < 1.29 is 22.4 Å². The zero-order chi connectivity index (χ0) is 27.8. The average Bonchev–Trinajstić information content (AvgIpc) is 3.31. The molecule has 0 bridgehead atoms. The number of nitrogens with one attached hydrogen (secondary N) is 1. The third-order valence-corrected chi connectivity index (χ3v) is 5.82. The number of anilines is 2. The van der Waals surface area contributed by atoms with Crippen molar-refractivity contribution in [3.05, 3.63) is 65.5 Å². The first-order chi connectivity index (χ1) is 18.3. The number of benzene rings is 2. The van der Waals surface area contributed by atoms with Gasteiger partial charge in [-0.25, -0.2) is 22.2 Å². The van der Waals surface area contributed by atoms with Crippen molar-refractivity contribution >= 4 is 17.3 Å². The van der Waals surface area contributed by atoms with Gasteiger partial charge in [-0.05, 0) is 41.1 Å². The van der Waals surface area contributed by atoms with Crippen molar-refractivity contribution in [3.63, 3.8) is 0 Å². The molecule has 0 radical (unpaired) electrons. The zero-order valence-corrected chi connectivity index (χ0v) is 21.7. The average molecular weight is 537 g/mol. The molecule has 0 spiro atoms. The van der Waals surface area contributed by atoms with Crippen LogP contribution in [0.3, 0.4) is 0 Å². The number of carbonyl (C=O) groups excluding carboxylic acids is 1. The highest BCUT2D eigenvalue weighted by Crippen LogP contribution is 2.15. The van der Waals surface area contributed by atoms with Gasteiger partial charge >= 0.3 is 0 Å². The van der Waals surface area contributed by atoms with Gasteiger partial charge < -0.3 is 11.1 Å². The summed E-state index contributed by atoms with van der Waals surface area (Å²) in [5.74, 6) is -2.85. The summed E-state index contributed by atoms with van der Waals surface area (Å²) in [4.78, 5) is 12.1. The molecule has 3 N–H and O–H groups in total. The maximum absolute atomic E-state index is 13.6. The predicted octanol–water partition coefficient (Wildman–Crippen LogP) is 6.60. The number of hydrogen-bond donors (Lipinski definition) is 2. The summed E-state index contributed by atoms with van der Waals surface area (Å²) in [7, 11) is 0. The standard InChI is InChI=1S/C21H31F2N5O.C6H5F2N/c1-2-3-4-5-6-7-8-9-10-11-14-28-20(25-26-27-28)16-21(29)24-19-13-12-17(22)15-18(19)23;7-4-1-2-6(9)5(8)3-4/h12-13,15H,2-11,14,16H2,1H3,(H,24,29);1-3H,9H2. The molecule has 3 rings (SSSR count). The van der Waals surface area contributed by atoms with E-state index in [0.717, 1.165) is 37.1 Å². The number of tetrazole rings is 1. The first kappa shape index (κ1) is 30.7. The zero-order valence-electron chi connectivity index (χ0n) is 21.7. The van der Waals surface area contributed by atoms with E-state index in [1.165, 1.54) is 63.5 Å². The SMILES string of the molecule is CCCCCCCCCCCCn1nnnc1CC(=O)Nc1ccc(F)cc1F.Nc1ccc(F)cc1F. The molecule has 0 saturated carbocycles. The Balaban J connectivity index is 0.000000474. The molecular weight excluding hydrogens is 500 g/mol.